The van der Waals surface area contributed by atoms with Crippen molar-refractivity contribution in [1.29, 1.82) is 0 Å². The molecule has 0 spiro atoms. The fourth-order valence-electron chi connectivity index (χ4n) is 2.96. The van der Waals surface area contributed by atoms with Crippen LogP contribution in [0.5, 0.6) is 5.75 Å². The van der Waals surface area contributed by atoms with Crippen LogP contribution in [0.15, 0.2) is 48.5 Å². The first-order valence-electron chi connectivity index (χ1n) is 8.67. The lowest BCUT2D eigenvalue weighted by Gasteiger charge is -2.26. The van der Waals surface area contributed by atoms with E-state index in [1.54, 1.807) is 7.11 Å². The first-order chi connectivity index (χ1) is 12.0. The fraction of sp³-hybridized carbons (Fsp3) is 0.381. The van der Waals surface area contributed by atoms with Crippen LogP contribution >= 0.6 is 0 Å². The molecule has 1 amide bonds. The monoisotopic (exact) mass is 339 g/mol. The predicted molar refractivity (Wildman–Crippen MR) is 98.7 cm³/mol. The number of rotatable bonds is 7. The van der Waals surface area contributed by atoms with Gasteiger partial charge < -0.3 is 14.8 Å². The summed E-state index contributed by atoms with van der Waals surface area (Å²) in [5, 5.41) is 2.98. The van der Waals surface area contributed by atoms with Crippen LogP contribution in [0.4, 0.5) is 5.69 Å². The Kier molecular flexibility index (Phi) is 5.09. The number of methoxy groups -OCH3 is 1. The van der Waals surface area contributed by atoms with E-state index >= 15 is 0 Å². The number of aryl methyl sites for hydroxylation is 1. The molecule has 0 bridgehead atoms. The van der Waals surface area contributed by atoms with E-state index in [1.807, 2.05) is 62.4 Å². The SMILES string of the molecule is CO[C@@](C)(C(=O)Nc1ccc(OCc2ccccc2)c(C)c1)C1CC1. The number of ether oxygens (including phenoxy) is 2. The highest BCUT2D eigenvalue weighted by Gasteiger charge is 2.47. The lowest BCUT2D eigenvalue weighted by atomic mass is 9.99. The molecule has 4 nitrogen and oxygen atoms in total. The van der Waals surface area contributed by atoms with E-state index in [2.05, 4.69) is 5.32 Å². The van der Waals surface area contributed by atoms with Crippen LogP contribution in [0.1, 0.15) is 30.9 Å². The fourth-order valence-corrected chi connectivity index (χ4v) is 2.96. The van der Waals surface area contributed by atoms with Gasteiger partial charge in [0, 0.05) is 12.8 Å². The zero-order valence-corrected chi connectivity index (χ0v) is 15.0. The Morgan fingerprint density at radius 3 is 2.52 bits per heavy atom. The molecule has 1 aliphatic carbocycles. The third-order valence-corrected chi connectivity index (χ3v) is 4.90. The van der Waals surface area contributed by atoms with Gasteiger partial charge in [0.2, 0.25) is 0 Å². The quantitative estimate of drug-likeness (QED) is 0.817. The van der Waals surface area contributed by atoms with Crippen molar-refractivity contribution in [3.63, 3.8) is 0 Å². The van der Waals surface area contributed by atoms with E-state index in [4.69, 9.17) is 9.47 Å². The minimum absolute atomic E-state index is 0.0881. The summed E-state index contributed by atoms with van der Waals surface area (Å²) in [5.41, 5.74) is 2.12. The third kappa shape index (κ3) is 4.02. The minimum Gasteiger partial charge on any atom is -0.489 e. The molecule has 2 aromatic rings. The van der Waals surface area contributed by atoms with Crippen molar-refractivity contribution in [3.8, 4) is 5.75 Å². The summed E-state index contributed by atoms with van der Waals surface area (Å²) in [4.78, 5) is 12.6. The van der Waals surface area contributed by atoms with Crippen LogP contribution in [0.2, 0.25) is 0 Å². The maximum absolute atomic E-state index is 12.6. The van der Waals surface area contributed by atoms with Crippen LogP contribution < -0.4 is 10.1 Å². The van der Waals surface area contributed by atoms with Crippen LogP contribution in [-0.2, 0) is 16.1 Å². The molecule has 2 aromatic carbocycles. The molecule has 1 saturated carbocycles. The van der Waals surface area contributed by atoms with E-state index in [1.165, 1.54) is 0 Å². The van der Waals surface area contributed by atoms with Gasteiger partial charge in [-0.25, -0.2) is 0 Å². The second-order valence-corrected chi connectivity index (χ2v) is 6.79. The van der Waals surface area contributed by atoms with Crippen LogP contribution in [0.25, 0.3) is 0 Å². The Hall–Kier alpha value is -2.33. The molecule has 4 heteroatoms. The first-order valence-corrected chi connectivity index (χ1v) is 8.67. The van der Waals surface area contributed by atoms with E-state index in [0.29, 0.717) is 12.5 Å². The standard InChI is InChI=1S/C21H25NO3/c1-15-13-18(22-20(23)21(2,24-3)17-9-10-17)11-12-19(15)25-14-16-7-5-4-6-8-16/h4-8,11-13,17H,9-10,14H2,1-3H3,(H,22,23)/t21-/m1/s1. The number of benzene rings is 2. The van der Waals surface area contributed by atoms with Gasteiger partial charge in [-0.1, -0.05) is 30.3 Å². The third-order valence-electron chi connectivity index (χ3n) is 4.90. The Bertz CT molecular complexity index is 740. The number of carbonyl (C=O) groups excluding carboxylic acids is 1. The van der Waals surface area contributed by atoms with Gasteiger partial charge in [-0.3, -0.25) is 4.79 Å². The number of carbonyl (C=O) groups is 1. The Morgan fingerprint density at radius 2 is 1.92 bits per heavy atom. The molecule has 0 radical (unpaired) electrons. The van der Waals surface area contributed by atoms with Crippen molar-refractivity contribution >= 4 is 11.6 Å². The van der Waals surface area contributed by atoms with Crippen molar-refractivity contribution in [2.24, 2.45) is 5.92 Å². The molecule has 25 heavy (non-hydrogen) atoms. The summed E-state index contributed by atoms with van der Waals surface area (Å²) in [6.07, 6.45) is 2.09. The number of hydrogen-bond acceptors (Lipinski definition) is 3. The molecule has 3 rings (SSSR count). The second-order valence-electron chi connectivity index (χ2n) is 6.79. The predicted octanol–water partition coefficient (Wildman–Crippen LogP) is 4.33. The zero-order valence-electron chi connectivity index (χ0n) is 15.0. The molecule has 1 N–H and O–H groups in total. The van der Waals surface area contributed by atoms with Crippen LogP contribution in [0, 0.1) is 12.8 Å². The topological polar surface area (TPSA) is 47.6 Å². The molecule has 1 fully saturated rings. The van der Waals surface area contributed by atoms with Gasteiger partial charge in [-0.05, 0) is 61.9 Å². The molecule has 1 atom stereocenters. The summed E-state index contributed by atoms with van der Waals surface area (Å²) in [6.45, 7) is 4.37. The minimum atomic E-state index is -0.754. The van der Waals surface area contributed by atoms with Gasteiger partial charge in [0.1, 0.15) is 18.0 Å². The van der Waals surface area contributed by atoms with E-state index in [0.717, 1.165) is 35.4 Å². The first kappa shape index (κ1) is 17.5. The highest BCUT2D eigenvalue weighted by Crippen LogP contribution is 2.42. The molecule has 0 saturated heterocycles. The van der Waals surface area contributed by atoms with Crippen molar-refractivity contribution in [2.75, 3.05) is 12.4 Å². The van der Waals surface area contributed by atoms with Gasteiger partial charge in [0.05, 0.1) is 0 Å². The second kappa shape index (κ2) is 7.28. The van der Waals surface area contributed by atoms with Crippen LogP contribution in [-0.4, -0.2) is 18.6 Å². The van der Waals surface area contributed by atoms with Crippen LogP contribution in [0.3, 0.4) is 0 Å². The highest BCUT2D eigenvalue weighted by atomic mass is 16.5. The molecular weight excluding hydrogens is 314 g/mol. The van der Waals surface area contributed by atoms with Crippen molar-refractivity contribution in [2.45, 2.75) is 38.9 Å². The average molecular weight is 339 g/mol. The highest BCUT2D eigenvalue weighted by molar-refractivity contribution is 5.97. The summed E-state index contributed by atoms with van der Waals surface area (Å²) >= 11 is 0. The summed E-state index contributed by atoms with van der Waals surface area (Å²) in [7, 11) is 1.60. The summed E-state index contributed by atoms with van der Waals surface area (Å²) in [6, 6.07) is 15.8. The van der Waals surface area contributed by atoms with Gasteiger partial charge in [-0.2, -0.15) is 0 Å². The average Bonchev–Trinajstić information content (AvgIpc) is 3.46. The van der Waals surface area contributed by atoms with Gasteiger partial charge >= 0.3 is 0 Å². The van der Waals surface area contributed by atoms with Crippen molar-refractivity contribution in [3.05, 3.63) is 59.7 Å². The van der Waals surface area contributed by atoms with Gasteiger partial charge in [0.25, 0.3) is 5.91 Å². The molecule has 0 aliphatic heterocycles. The van der Waals surface area contributed by atoms with Crippen molar-refractivity contribution < 1.29 is 14.3 Å². The van der Waals surface area contributed by atoms with E-state index in [-0.39, 0.29) is 5.91 Å². The molecule has 0 aromatic heterocycles. The molecule has 0 unspecified atom stereocenters. The number of nitrogens with one attached hydrogen (secondary N) is 1. The van der Waals surface area contributed by atoms with E-state index in [9.17, 15) is 4.79 Å². The molecule has 132 valence electrons. The Labute approximate surface area is 149 Å². The number of anilines is 1. The lowest BCUT2D eigenvalue weighted by molar-refractivity contribution is -0.138. The zero-order chi connectivity index (χ0) is 17.9. The summed E-state index contributed by atoms with van der Waals surface area (Å²) < 4.78 is 11.4. The maximum Gasteiger partial charge on any atom is 0.256 e. The lowest BCUT2D eigenvalue weighted by Crippen LogP contribution is -2.44. The smallest absolute Gasteiger partial charge is 0.256 e. The normalized spacial score (nSPS) is 16.1. The largest absolute Gasteiger partial charge is 0.489 e. The molecule has 0 heterocycles. The molecule has 1 aliphatic rings. The number of amides is 1. The van der Waals surface area contributed by atoms with E-state index < -0.39 is 5.60 Å². The maximum atomic E-state index is 12.6. The van der Waals surface area contributed by atoms with Gasteiger partial charge in [-0.15, -0.1) is 0 Å². The molecular formula is C21H25NO3. The van der Waals surface area contributed by atoms with Gasteiger partial charge in [0.15, 0.2) is 0 Å². The summed E-state index contributed by atoms with van der Waals surface area (Å²) in [5.74, 6) is 1.04. The van der Waals surface area contributed by atoms with Crippen molar-refractivity contribution in [1.82, 2.24) is 0 Å². The Morgan fingerprint density at radius 1 is 1.20 bits per heavy atom. The number of hydrogen-bond donors (Lipinski definition) is 1. The Balaban J connectivity index is 1.64.